The molecular formula is C22H18F2N4O2S. The van der Waals surface area contributed by atoms with Crippen molar-refractivity contribution in [1.29, 1.82) is 0 Å². The molecule has 0 aliphatic carbocycles. The molecule has 1 aliphatic heterocycles. The van der Waals surface area contributed by atoms with Crippen LogP contribution in [0.25, 0.3) is 21.5 Å². The van der Waals surface area contributed by atoms with Gasteiger partial charge in [0.25, 0.3) is 11.1 Å². The highest BCUT2D eigenvalue weighted by Gasteiger charge is 2.26. The third-order valence-corrected chi connectivity index (χ3v) is 6.18. The van der Waals surface area contributed by atoms with Crippen molar-refractivity contribution in [1.82, 2.24) is 20.1 Å². The van der Waals surface area contributed by atoms with Crippen molar-refractivity contribution < 1.29 is 18.3 Å². The average Bonchev–Trinajstić information content (AvgIpc) is 3.41. The molecule has 2 aromatic carbocycles. The van der Waals surface area contributed by atoms with Gasteiger partial charge in [0, 0.05) is 31.5 Å². The normalized spacial score (nSPS) is 14.8. The first-order valence-corrected chi connectivity index (χ1v) is 10.7. The zero-order chi connectivity index (χ0) is 21.4. The number of aromatic amines is 1. The number of carbonyl (C=O) groups is 1. The summed E-state index contributed by atoms with van der Waals surface area (Å²) in [7, 11) is 0. The Morgan fingerprint density at radius 1 is 1.06 bits per heavy atom. The van der Waals surface area contributed by atoms with E-state index in [2.05, 4.69) is 15.2 Å². The largest absolute Gasteiger partial charge is 0.467 e. The van der Waals surface area contributed by atoms with Crippen LogP contribution in [-0.2, 0) is 0 Å². The molecule has 9 heteroatoms. The number of nitrogens with zero attached hydrogens (tertiary/aromatic N) is 3. The van der Waals surface area contributed by atoms with E-state index in [1.54, 1.807) is 29.2 Å². The van der Waals surface area contributed by atoms with Crippen molar-refractivity contribution >= 4 is 27.5 Å². The summed E-state index contributed by atoms with van der Waals surface area (Å²) in [4.78, 5) is 19.0. The summed E-state index contributed by atoms with van der Waals surface area (Å²) >= 11 is 1.32. The molecule has 2 aromatic heterocycles. The summed E-state index contributed by atoms with van der Waals surface area (Å²) in [5.41, 5.74) is 2.44. The Morgan fingerprint density at radius 3 is 2.58 bits per heavy atom. The van der Waals surface area contributed by atoms with Crippen LogP contribution in [-0.4, -0.2) is 45.2 Å². The van der Waals surface area contributed by atoms with Crippen LogP contribution in [0.1, 0.15) is 23.3 Å². The third kappa shape index (κ3) is 4.13. The van der Waals surface area contributed by atoms with E-state index in [-0.39, 0.29) is 23.6 Å². The van der Waals surface area contributed by atoms with Gasteiger partial charge in [0.2, 0.25) is 0 Å². The van der Waals surface area contributed by atoms with Gasteiger partial charge < -0.3 is 9.64 Å². The number of benzene rings is 2. The standard InChI is InChI=1S/C22H18F2N4O2S/c23-14-3-1-13(2-4-14)18-12-19(27-26-18)21(29)28-9-7-16(8-10-28)30-22-25-17-6-5-15(24)11-20(17)31-22/h1-6,11-12,16H,7-10H2,(H,26,27). The molecule has 0 bridgehead atoms. The van der Waals surface area contributed by atoms with E-state index in [9.17, 15) is 13.6 Å². The van der Waals surface area contributed by atoms with E-state index in [0.717, 1.165) is 10.3 Å². The van der Waals surface area contributed by atoms with E-state index < -0.39 is 0 Å². The predicted molar refractivity (Wildman–Crippen MR) is 113 cm³/mol. The molecule has 1 fully saturated rings. The van der Waals surface area contributed by atoms with Gasteiger partial charge in [-0.25, -0.2) is 13.8 Å². The first-order valence-electron chi connectivity index (χ1n) is 9.88. The smallest absolute Gasteiger partial charge is 0.274 e. The van der Waals surface area contributed by atoms with Gasteiger partial charge in [0.15, 0.2) is 0 Å². The van der Waals surface area contributed by atoms with Gasteiger partial charge in [-0.2, -0.15) is 5.10 Å². The van der Waals surface area contributed by atoms with Crippen molar-refractivity contribution in [3.05, 3.63) is 65.9 Å². The van der Waals surface area contributed by atoms with E-state index in [1.807, 2.05) is 0 Å². The fourth-order valence-corrected chi connectivity index (χ4v) is 4.52. The molecule has 1 N–H and O–H groups in total. The molecule has 3 heterocycles. The van der Waals surface area contributed by atoms with Gasteiger partial charge >= 0.3 is 0 Å². The van der Waals surface area contributed by atoms with Gasteiger partial charge in [-0.3, -0.25) is 9.89 Å². The predicted octanol–water partition coefficient (Wildman–Crippen LogP) is 4.65. The minimum Gasteiger partial charge on any atom is -0.467 e. The lowest BCUT2D eigenvalue weighted by atomic mass is 10.1. The summed E-state index contributed by atoms with van der Waals surface area (Å²) in [5, 5.41) is 7.47. The zero-order valence-corrected chi connectivity index (χ0v) is 17.2. The minimum absolute atomic E-state index is 0.0500. The average molecular weight is 440 g/mol. The Labute approximate surface area is 180 Å². The van der Waals surface area contributed by atoms with Crippen LogP contribution in [0.4, 0.5) is 8.78 Å². The third-order valence-electron chi connectivity index (χ3n) is 5.28. The second-order valence-electron chi connectivity index (χ2n) is 7.37. The summed E-state index contributed by atoms with van der Waals surface area (Å²) in [6.07, 6.45) is 1.30. The Hall–Kier alpha value is -3.33. The monoisotopic (exact) mass is 440 g/mol. The Bertz CT molecular complexity index is 1230. The molecule has 4 aromatic rings. The molecule has 31 heavy (non-hydrogen) atoms. The van der Waals surface area contributed by atoms with Crippen molar-refractivity contribution in [3.63, 3.8) is 0 Å². The van der Waals surface area contributed by atoms with E-state index >= 15 is 0 Å². The maximum absolute atomic E-state index is 13.4. The Kier molecular flexibility index (Phi) is 5.11. The van der Waals surface area contributed by atoms with Gasteiger partial charge in [-0.05, 0) is 48.5 Å². The number of hydrogen-bond donors (Lipinski definition) is 1. The van der Waals surface area contributed by atoms with E-state index in [0.29, 0.717) is 48.0 Å². The summed E-state index contributed by atoms with van der Waals surface area (Å²) < 4.78 is 33.2. The van der Waals surface area contributed by atoms with E-state index in [4.69, 9.17) is 4.74 Å². The number of ether oxygens (including phenoxy) is 1. The molecule has 6 nitrogen and oxygen atoms in total. The number of rotatable bonds is 4. The van der Waals surface area contributed by atoms with Crippen molar-refractivity contribution in [2.24, 2.45) is 0 Å². The van der Waals surface area contributed by atoms with Crippen LogP contribution >= 0.6 is 11.3 Å². The Balaban J connectivity index is 1.20. The fraction of sp³-hybridized carbons (Fsp3) is 0.227. The number of fused-ring (bicyclic) bond motifs is 1. The van der Waals surface area contributed by atoms with Gasteiger partial charge in [0.05, 0.1) is 15.9 Å². The number of aromatic nitrogens is 3. The molecule has 158 valence electrons. The number of H-pyrrole nitrogens is 1. The van der Waals surface area contributed by atoms with Crippen LogP contribution < -0.4 is 4.74 Å². The second kappa shape index (κ2) is 8.07. The SMILES string of the molecule is O=C(c1cc(-c2ccc(F)cc2)n[nH]1)N1CCC(Oc2nc3ccc(F)cc3s2)CC1. The summed E-state index contributed by atoms with van der Waals surface area (Å²) in [5.74, 6) is -0.746. The number of thiazole rings is 1. The highest BCUT2D eigenvalue weighted by Crippen LogP contribution is 2.30. The fourth-order valence-electron chi connectivity index (χ4n) is 3.62. The van der Waals surface area contributed by atoms with Crippen molar-refractivity contribution in [3.8, 4) is 16.5 Å². The molecule has 0 saturated carbocycles. The molecule has 1 aliphatic rings. The molecule has 5 rings (SSSR count). The quantitative estimate of drug-likeness (QED) is 0.502. The van der Waals surface area contributed by atoms with Crippen LogP contribution in [0, 0.1) is 11.6 Å². The summed E-state index contributed by atoms with van der Waals surface area (Å²) in [6.45, 7) is 1.10. The molecule has 1 saturated heterocycles. The second-order valence-corrected chi connectivity index (χ2v) is 8.37. The number of hydrogen-bond acceptors (Lipinski definition) is 5. The number of likely N-dealkylation sites (tertiary alicyclic amines) is 1. The Morgan fingerprint density at radius 2 is 1.81 bits per heavy atom. The minimum atomic E-state index is -0.321. The van der Waals surface area contributed by atoms with Crippen molar-refractivity contribution in [2.45, 2.75) is 18.9 Å². The molecule has 1 amide bonds. The van der Waals surface area contributed by atoms with Gasteiger partial charge in [-0.1, -0.05) is 11.3 Å². The number of halogens is 2. The molecular weight excluding hydrogens is 422 g/mol. The first-order chi connectivity index (χ1) is 15.0. The first kappa shape index (κ1) is 19.6. The maximum atomic E-state index is 13.4. The van der Waals surface area contributed by atoms with Gasteiger partial charge in [0.1, 0.15) is 23.4 Å². The van der Waals surface area contributed by atoms with E-state index in [1.165, 1.54) is 35.6 Å². The number of nitrogens with one attached hydrogen (secondary N) is 1. The number of amides is 1. The van der Waals surface area contributed by atoms with Crippen LogP contribution in [0.2, 0.25) is 0 Å². The molecule has 0 spiro atoms. The highest BCUT2D eigenvalue weighted by molar-refractivity contribution is 7.20. The topological polar surface area (TPSA) is 71.1 Å². The lowest BCUT2D eigenvalue weighted by Crippen LogP contribution is -2.41. The number of piperidine rings is 1. The molecule has 0 unspecified atom stereocenters. The van der Waals surface area contributed by atoms with Crippen LogP contribution in [0.5, 0.6) is 5.19 Å². The lowest BCUT2D eigenvalue weighted by molar-refractivity contribution is 0.0590. The molecule has 0 atom stereocenters. The van der Waals surface area contributed by atoms with Crippen LogP contribution in [0.15, 0.2) is 48.5 Å². The maximum Gasteiger partial charge on any atom is 0.274 e. The van der Waals surface area contributed by atoms with Crippen LogP contribution in [0.3, 0.4) is 0 Å². The molecule has 0 radical (unpaired) electrons. The lowest BCUT2D eigenvalue weighted by Gasteiger charge is -2.31. The zero-order valence-electron chi connectivity index (χ0n) is 16.3. The highest BCUT2D eigenvalue weighted by atomic mass is 32.1. The number of carbonyl (C=O) groups excluding carboxylic acids is 1. The van der Waals surface area contributed by atoms with Gasteiger partial charge in [-0.15, -0.1) is 0 Å². The summed E-state index contributed by atoms with van der Waals surface area (Å²) in [6, 6.07) is 12.1. The van der Waals surface area contributed by atoms with Crippen molar-refractivity contribution in [2.75, 3.05) is 13.1 Å².